The largest absolute Gasteiger partial charge is 1.00 e. The van der Waals surface area contributed by atoms with Gasteiger partial charge in [-0.3, -0.25) is 0 Å². The fourth-order valence-corrected chi connectivity index (χ4v) is 0. The molecule has 16 valence electrons. The Morgan fingerprint density at radius 3 is 0.750 bits per heavy atom. The Morgan fingerprint density at radius 1 is 0.750 bits per heavy atom. The second kappa shape index (κ2) is 18.4. The van der Waals surface area contributed by atoms with Crippen LogP contribution in [0.5, 0.6) is 0 Å². The summed E-state index contributed by atoms with van der Waals surface area (Å²) in [6.45, 7) is 0. The van der Waals surface area contributed by atoms with Gasteiger partial charge >= 0.3 is 77.0 Å². The maximum atomic E-state index is 0. The van der Waals surface area contributed by atoms with E-state index < -0.39 is 0 Å². The molecule has 0 unspecified atom stereocenters. The Labute approximate surface area is 85.9 Å². The molecule has 0 bridgehead atoms. The molecule has 0 heterocycles. The Hall–Kier alpha value is 2.32. The van der Waals surface area contributed by atoms with Gasteiger partial charge in [-0.25, -0.2) is 0 Å². The van der Waals surface area contributed by atoms with Crippen molar-refractivity contribution in [2.24, 2.45) is 0 Å². The van der Waals surface area contributed by atoms with Gasteiger partial charge in [0.05, 0.1) is 0 Å². The topological polar surface area (TPSA) is 60.0 Å². The molecule has 0 amide bonds. The molecule has 0 aliphatic carbocycles. The molecule has 0 atom stereocenters. The molecule has 0 aromatic carbocycles. The maximum absolute atomic E-state index is 0. The van der Waals surface area contributed by atoms with Gasteiger partial charge in [-0.1, -0.05) is 0 Å². The summed E-state index contributed by atoms with van der Waals surface area (Å²) in [4.78, 5) is 0. The van der Waals surface area contributed by atoms with Crippen molar-refractivity contribution in [2.75, 3.05) is 0 Å². The number of hydrogen-bond donors (Lipinski definition) is 0. The summed E-state index contributed by atoms with van der Waals surface area (Å²) in [6.07, 6.45) is 0. The fraction of sp³-hybridized carbons (Fsp3) is 0. The summed E-state index contributed by atoms with van der Waals surface area (Å²) >= 11 is 0. The zero-order chi connectivity index (χ0) is 0. The molecule has 2 nitrogen and oxygen atoms in total. The Balaban J connectivity index is 0. The van der Waals surface area contributed by atoms with E-state index in [1.54, 1.807) is 0 Å². The normalized spacial score (nSPS) is 0. The van der Waals surface area contributed by atoms with Crippen LogP contribution >= 0.6 is 0 Å². The van der Waals surface area contributed by atoms with Crippen molar-refractivity contribution in [1.29, 1.82) is 0 Å². The molecule has 0 aromatic heterocycles. The molecule has 0 aliphatic rings. The average Bonchev–Trinajstić information content (AvgIpc) is 0. The first-order chi connectivity index (χ1) is 0. The van der Waals surface area contributed by atoms with Gasteiger partial charge in [0.25, 0.3) is 0 Å². The molecule has 4 heavy (non-hydrogen) atoms. The standard InChI is InChI=1S/Li.2H2O.Rb/h;2*1H2;/q+1;;;+1/p-2. The first kappa shape index (κ1) is 33.2. The predicted octanol–water partition coefficient (Wildman–Crippen LogP) is -6.35. The third kappa shape index (κ3) is 8.85. The van der Waals surface area contributed by atoms with Gasteiger partial charge in [-0.2, -0.15) is 0 Å². The van der Waals surface area contributed by atoms with Crippen LogP contribution in [0.1, 0.15) is 0 Å². The van der Waals surface area contributed by atoms with Crippen molar-refractivity contribution in [2.45, 2.75) is 0 Å². The Morgan fingerprint density at radius 2 is 0.750 bits per heavy atom. The van der Waals surface area contributed by atoms with E-state index in [4.69, 9.17) is 0 Å². The third-order valence-electron chi connectivity index (χ3n) is 0. The summed E-state index contributed by atoms with van der Waals surface area (Å²) < 4.78 is 0. The minimum Gasteiger partial charge on any atom is -0.870 e. The van der Waals surface area contributed by atoms with Crippen molar-refractivity contribution < 1.29 is 88.0 Å². The molecule has 0 aliphatic heterocycles. The van der Waals surface area contributed by atoms with Gasteiger partial charge in [0, 0.05) is 0 Å². The molecular formula is H2LiO2Rb. The third-order valence-corrected chi connectivity index (χ3v) is 0. The van der Waals surface area contributed by atoms with Crippen molar-refractivity contribution in [3.8, 4) is 0 Å². The first-order valence-corrected chi connectivity index (χ1v) is 0. The summed E-state index contributed by atoms with van der Waals surface area (Å²) in [7, 11) is 0. The molecule has 0 aromatic rings. The van der Waals surface area contributed by atoms with Gasteiger partial charge in [0.15, 0.2) is 0 Å². The van der Waals surface area contributed by atoms with Crippen LogP contribution < -0.4 is 77.0 Å². The minimum absolute atomic E-state index is 0. The molecule has 0 fully saturated rings. The van der Waals surface area contributed by atoms with Crippen LogP contribution in [0.15, 0.2) is 0 Å². The van der Waals surface area contributed by atoms with Crippen molar-refractivity contribution in [1.82, 2.24) is 0 Å². The summed E-state index contributed by atoms with van der Waals surface area (Å²) in [6, 6.07) is 0. The van der Waals surface area contributed by atoms with Crippen LogP contribution in [0.2, 0.25) is 0 Å². The van der Waals surface area contributed by atoms with E-state index >= 15 is 0 Å². The predicted molar refractivity (Wildman–Crippen MR) is 3.87 cm³/mol. The van der Waals surface area contributed by atoms with Gasteiger partial charge in [0.1, 0.15) is 0 Å². The molecular weight excluding hydrogens is 124 g/mol. The Kier molecular flexibility index (Phi) is 153. The van der Waals surface area contributed by atoms with E-state index in [0.717, 1.165) is 0 Å². The van der Waals surface area contributed by atoms with E-state index in [-0.39, 0.29) is 88.0 Å². The van der Waals surface area contributed by atoms with Crippen molar-refractivity contribution >= 4 is 0 Å². The summed E-state index contributed by atoms with van der Waals surface area (Å²) in [5.41, 5.74) is 0. The average molecular weight is 126 g/mol. The second-order valence-corrected chi connectivity index (χ2v) is 0. The van der Waals surface area contributed by atoms with E-state index in [2.05, 4.69) is 0 Å². The quantitative estimate of drug-likeness (QED) is 0.303. The van der Waals surface area contributed by atoms with Crippen LogP contribution in [-0.2, 0) is 0 Å². The second-order valence-electron chi connectivity index (χ2n) is 0. The van der Waals surface area contributed by atoms with Crippen LogP contribution in [-0.4, -0.2) is 11.0 Å². The maximum Gasteiger partial charge on any atom is 1.00 e. The van der Waals surface area contributed by atoms with Gasteiger partial charge in [-0.15, -0.1) is 0 Å². The first-order valence-electron chi connectivity index (χ1n) is 0. The van der Waals surface area contributed by atoms with E-state index in [1.807, 2.05) is 0 Å². The number of hydrogen-bond acceptors (Lipinski definition) is 2. The molecule has 4 heteroatoms. The summed E-state index contributed by atoms with van der Waals surface area (Å²) in [5.74, 6) is 0. The smallest absolute Gasteiger partial charge is 0.870 e. The monoisotopic (exact) mass is 126 g/mol. The fourth-order valence-electron chi connectivity index (χ4n) is 0. The van der Waals surface area contributed by atoms with Crippen molar-refractivity contribution in [3.63, 3.8) is 0 Å². The zero-order valence-corrected chi connectivity index (χ0v) is 7.81. The molecule has 0 radical (unpaired) electrons. The van der Waals surface area contributed by atoms with E-state index in [0.29, 0.717) is 0 Å². The molecule has 0 saturated heterocycles. The van der Waals surface area contributed by atoms with E-state index in [9.17, 15) is 0 Å². The van der Waals surface area contributed by atoms with Gasteiger partial charge in [-0.05, 0) is 0 Å². The zero-order valence-electron chi connectivity index (χ0n) is 2.89. The van der Waals surface area contributed by atoms with Gasteiger partial charge in [0.2, 0.25) is 0 Å². The Bertz CT molecular complexity index is 6.00. The molecule has 0 spiro atoms. The van der Waals surface area contributed by atoms with Crippen LogP contribution in [0.4, 0.5) is 0 Å². The summed E-state index contributed by atoms with van der Waals surface area (Å²) in [5, 5.41) is 0. The van der Waals surface area contributed by atoms with Crippen LogP contribution in [0.25, 0.3) is 0 Å². The molecule has 0 saturated carbocycles. The SMILES string of the molecule is [Li+].[OH-].[OH-].[Rb+]. The van der Waals surface area contributed by atoms with E-state index in [1.165, 1.54) is 0 Å². The molecule has 0 rings (SSSR count). The van der Waals surface area contributed by atoms with Crippen LogP contribution in [0, 0.1) is 0 Å². The molecule has 2 N–H and O–H groups in total. The number of rotatable bonds is 0. The van der Waals surface area contributed by atoms with Crippen LogP contribution in [0.3, 0.4) is 0 Å². The van der Waals surface area contributed by atoms with Crippen molar-refractivity contribution in [3.05, 3.63) is 0 Å². The minimum atomic E-state index is 0. The van der Waals surface area contributed by atoms with Gasteiger partial charge < -0.3 is 11.0 Å².